The summed E-state index contributed by atoms with van der Waals surface area (Å²) in [6.07, 6.45) is 2.77. The maximum absolute atomic E-state index is 13.3. The molecule has 2 unspecified atom stereocenters. The number of carbonyl (C=O) groups is 4. The summed E-state index contributed by atoms with van der Waals surface area (Å²) in [7, 11) is -4.59. The lowest BCUT2D eigenvalue weighted by Gasteiger charge is -2.32. The Morgan fingerprint density at radius 1 is 1.07 bits per heavy atom. The summed E-state index contributed by atoms with van der Waals surface area (Å²) < 4.78 is 22.9. The first-order valence-electron chi connectivity index (χ1n) is 14.6. The number of ether oxygens (including phenoxy) is 1. The van der Waals surface area contributed by atoms with Gasteiger partial charge in [0.25, 0.3) is 5.91 Å². The molecular weight excluding hydrogens is 595 g/mol. The van der Waals surface area contributed by atoms with Crippen molar-refractivity contribution in [2.24, 2.45) is 5.92 Å². The summed E-state index contributed by atoms with van der Waals surface area (Å²) in [6.45, 7) is 9.02. The molecule has 0 aliphatic heterocycles. The van der Waals surface area contributed by atoms with Gasteiger partial charge >= 0.3 is 13.7 Å². The summed E-state index contributed by atoms with van der Waals surface area (Å²) in [4.78, 5) is 74.5. The van der Waals surface area contributed by atoms with Gasteiger partial charge in [0, 0.05) is 11.6 Å². The molecule has 2 rings (SSSR count). The van der Waals surface area contributed by atoms with E-state index in [0.717, 1.165) is 17.9 Å². The molecule has 0 bridgehead atoms. The SMILES string of the molecule is CCCCCC(C(=O)NCNC(=O)c1ccc(-c2cc(OCC)cc(P(=O)(O)O)c2)o1)C(CC)N(C=O)OC(=O)NC(C)C. The Hall–Kier alpha value is -3.87. The van der Waals surface area contributed by atoms with E-state index in [4.69, 9.17) is 14.0 Å². The molecule has 0 fully saturated rings. The van der Waals surface area contributed by atoms with Crippen molar-refractivity contribution in [3.8, 4) is 17.1 Å². The standard InChI is InChI=1S/C29H43N4O10P/c1-6-9-10-11-23(24(7-2)33(18-34)43-29(37)32-19(4)5)27(35)30-17-31-28(36)26-13-12-25(42-26)20-14-21(41-8-3)16-22(15-20)44(38,39)40/h12-16,18-19,23-24H,6-11,17H2,1-5H3,(H,30,35)(H,31,36)(H,32,37)(H2,38,39,40). The largest absolute Gasteiger partial charge is 0.494 e. The Morgan fingerprint density at radius 3 is 2.39 bits per heavy atom. The van der Waals surface area contributed by atoms with Crippen LogP contribution in [-0.2, 0) is 19.0 Å². The fourth-order valence-electron chi connectivity index (χ4n) is 4.47. The number of nitrogens with zero attached hydrogens (tertiary/aromatic N) is 1. The maximum Gasteiger partial charge on any atom is 0.431 e. The lowest BCUT2D eigenvalue weighted by atomic mass is 9.90. The first-order valence-corrected chi connectivity index (χ1v) is 16.2. The van der Waals surface area contributed by atoms with Gasteiger partial charge in [-0.2, -0.15) is 5.06 Å². The van der Waals surface area contributed by atoms with Crippen molar-refractivity contribution in [3.05, 3.63) is 36.1 Å². The average molecular weight is 639 g/mol. The molecule has 2 aromatic rings. The van der Waals surface area contributed by atoms with Crippen molar-refractivity contribution in [3.63, 3.8) is 0 Å². The molecule has 14 nitrogen and oxygen atoms in total. The van der Waals surface area contributed by atoms with Crippen LogP contribution in [0.2, 0.25) is 0 Å². The lowest BCUT2D eigenvalue weighted by molar-refractivity contribution is -0.169. The average Bonchev–Trinajstić information content (AvgIpc) is 3.46. The predicted molar refractivity (Wildman–Crippen MR) is 162 cm³/mol. The van der Waals surface area contributed by atoms with E-state index in [1.807, 2.05) is 6.92 Å². The molecule has 0 aliphatic rings. The number of amides is 4. The maximum atomic E-state index is 13.3. The van der Waals surface area contributed by atoms with Crippen LogP contribution < -0.4 is 26.0 Å². The number of hydroxylamine groups is 2. The highest BCUT2D eigenvalue weighted by Gasteiger charge is 2.33. The van der Waals surface area contributed by atoms with Crippen LogP contribution in [0.25, 0.3) is 11.3 Å². The van der Waals surface area contributed by atoms with E-state index < -0.39 is 37.5 Å². The molecule has 44 heavy (non-hydrogen) atoms. The first-order chi connectivity index (χ1) is 20.8. The Kier molecular flexibility index (Phi) is 14.4. The molecule has 244 valence electrons. The van der Waals surface area contributed by atoms with Crippen LogP contribution in [0, 0.1) is 5.92 Å². The summed E-state index contributed by atoms with van der Waals surface area (Å²) in [5.74, 6) is -1.51. The van der Waals surface area contributed by atoms with Crippen molar-refractivity contribution in [2.75, 3.05) is 13.3 Å². The second-order valence-electron chi connectivity index (χ2n) is 10.3. The molecule has 0 saturated heterocycles. The number of unbranched alkanes of at least 4 members (excludes halogenated alkanes) is 2. The number of hydrogen-bond donors (Lipinski definition) is 5. The highest BCUT2D eigenvalue weighted by molar-refractivity contribution is 7.60. The van der Waals surface area contributed by atoms with Crippen molar-refractivity contribution in [1.29, 1.82) is 0 Å². The van der Waals surface area contributed by atoms with Gasteiger partial charge in [-0.3, -0.25) is 18.9 Å². The molecule has 4 amide bonds. The minimum absolute atomic E-state index is 0.101. The number of furan rings is 1. The molecule has 1 heterocycles. The van der Waals surface area contributed by atoms with Crippen molar-refractivity contribution in [2.45, 2.75) is 78.8 Å². The number of carbonyl (C=O) groups excluding carboxylic acids is 4. The van der Waals surface area contributed by atoms with E-state index in [9.17, 15) is 33.5 Å². The molecule has 2 atom stereocenters. The highest BCUT2D eigenvalue weighted by atomic mass is 31.2. The lowest BCUT2D eigenvalue weighted by Crippen LogP contribution is -2.50. The Balaban J connectivity index is 2.12. The molecule has 5 N–H and O–H groups in total. The van der Waals surface area contributed by atoms with Gasteiger partial charge in [0.1, 0.15) is 11.5 Å². The van der Waals surface area contributed by atoms with Crippen LogP contribution in [-0.4, -0.2) is 64.5 Å². The third-order valence-corrected chi connectivity index (χ3v) is 7.46. The van der Waals surface area contributed by atoms with E-state index in [-0.39, 0.29) is 41.9 Å². The van der Waals surface area contributed by atoms with Gasteiger partial charge < -0.3 is 39.7 Å². The molecule has 1 aromatic carbocycles. The van der Waals surface area contributed by atoms with Gasteiger partial charge in [-0.05, 0) is 63.9 Å². The van der Waals surface area contributed by atoms with Gasteiger partial charge in [0.05, 0.1) is 30.5 Å². The smallest absolute Gasteiger partial charge is 0.431 e. The second-order valence-corrected chi connectivity index (χ2v) is 11.9. The second kappa shape index (κ2) is 17.4. The van der Waals surface area contributed by atoms with Crippen molar-refractivity contribution < 1.29 is 47.5 Å². The van der Waals surface area contributed by atoms with Crippen LogP contribution in [0.15, 0.2) is 34.7 Å². The first kappa shape index (κ1) is 36.3. The number of rotatable bonds is 18. The zero-order valence-corrected chi connectivity index (χ0v) is 26.6. The van der Waals surface area contributed by atoms with Gasteiger partial charge in [0.2, 0.25) is 12.3 Å². The van der Waals surface area contributed by atoms with E-state index in [0.29, 0.717) is 31.2 Å². The highest BCUT2D eigenvalue weighted by Crippen LogP contribution is 2.37. The fraction of sp³-hybridized carbons (Fsp3) is 0.517. The Bertz CT molecular complexity index is 1310. The number of nitrogens with one attached hydrogen (secondary N) is 3. The van der Waals surface area contributed by atoms with Crippen LogP contribution in [0.3, 0.4) is 0 Å². The molecule has 1 aromatic heterocycles. The summed E-state index contributed by atoms with van der Waals surface area (Å²) >= 11 is 0. The zero-order valence-electron chi connectivity index (χ0n) is 25.7. The minimum Gasteiger partial charge on any atom is -0.494 e. The Morgan fingerprint density at radius 2 is 1.80 bits per heavy atom. The third-order valence-electron chi connectivity index (χ3n) is 6.53. The quantitative estimate of drug-likeness (QED) is 0.0530. The predicted octanol–water partition coefficient (Wildman–Crippen LogP) is 3.43. The molecule has 15 heteroatoms. The zero-order chi connectivity index (χ0) is 32.9. The monoisotopic (exact) mass is 638 g/mol. The summed E-state index contributed by atoms with van der Waals surface area (Å²) in [6, 6.07) is 5.94. The van der Waals surface area contributed by atoms with E-state index >= 15 is 0 Å². The molecule has 0 saturated carbocycles. The number of benzene rings is 1. The molecular formula is C29H43N4O10P. The Labute approximate surface area is 257 Å². The van der Waals surface area contributed by atoms with Gasteiger partial charge in [-0.1, -0.05) is 33.1 Å². The van der Waals surface area contributed by atoms with Crippen molar-refractivity contribution in [1.82, 2.24) is 21.0 Å². The minimum atomic E-state index is -4.59. The van der Waals surface area contributed by atoms with E-state index in [2.05, 4.69) is 16.0 Å². The topological polar surface area (TPSA) is 197 Å². The van der Waals surface area contributed by atoms with E-state index in [1.54, 1.807) is 27.7 Å². The summed E-state index contributed by atoms with van der Waals surface area (Å²) in [5.41, 5.74) is 0.297. The van der Waals surface area contributed by atoms with Crippen molar-refractivity contribution >= 4 is 37.2 Å². The number of hydrogen-bond acceptors (Lipinski definition) is 8. The molecule has 0 radical (unpaired) electrons. The van der Waals surface area contributed by atoms with E-state index in [1.165, 1.54) is 30.3 Å². The van der Waals surface area contributed by atoms with Gasteiger partial charge in [0.15, 0.2) is 5.76 Å². The van der Waals surface area contributed by atoms with Gasteiger partial charge in [-0.25, -0.2) is 4.79 Å². The van der Waals surface area contributed by atoms with Crippen LogP contribution in [0.5, 0.6) is 5.75 Å². The third kappa shape index (κ3) is 11.0. The van der Waals surface area contributed by atoms with Crippen LogP contribution in [0.4, 0.5) is 4.79 Å². The molecule has 0 aliphatic carbocycles. The van der Waals surface area contributed by atoms with Gasteiger partial charge in [-0.15, -0.1) is 0 Å². The summed E-state index contributed by atoms with van der Waals surface area (Å²) in [5, 5.41) is 8.34. The normalized spacial score (nSPS) is 12.6. The molecule has 0 spiro atoms. The van der Waals surface area contributed by atoms with Crippen LogP contribution in [0.1, 0.15) is 77.3 Å². The fourth-order valence-corrected chi connectivity index (χ4v) is 5.07. The van der Waals surface area contributed by atoms with Crippen LogP contribution >= 0.6 is 7.60 Å².